The van der Waals surface area contributed by atoms with Gasteiger partial charge in [0.25, 0.3) is 0 Å². The highest BCUT2D eigenvalue weighted by atomic mass is 13.9. The summed E-state index contributed by atoms with van der Waals surface area (Å²) < 4.78 is 0. The van der Waals surface area contributed by atoms with E-state index in [0.29, 0.717) is 0 Å². The summed E-state index contributed by atoms with van der Waals surface area (Å²) >= 11 is 0. The van der Waals surface area contributed by atoms with Crippen LogP contribution in [-0.4, -0.2) is 0 Å². The van der Waals surface area contributed by atoms with E-state index in [1.807, 2.05) is 0 Å². The predicted octanol–water partition coefficient (Wildman–Crippen LogP) is 2.79. The van der Waals surface area contributed by atoms with Crippen molar-refractivity contribution in [1.29, 1.82) is 0 Å². The highest BCUT2D eigenvalue weighted by molar-refractivity contribution is 4.53. The van der Waals surface area contributed by atoms with Crippen LogP contribution in [0.5, 0.6) is 0 Å². The van der Waals surface area contributed by atoms with Gasteiger partial charge in [-0.3, -0.25) is 0 Å². The molecule has 0 unspecified atom stereocenters. The number of hydrogen-bond acceptors (Lipinski definition) is 0. The molecule has 0 radical (unpaired) electrons. The van der Waals surface area contributed by atoms with Crippen LogP contribution >= 0.6 is 0 Å². The minimum Gasteiger partial charge on any atom is -0.332 e. The molecule has 0 aliphatic carbocycles. The Morgan fingerprint density at radius 1 is 1.29 bits per heavy atom. The molecule has 0 fully saturated rings. The third kappa shape index (κ3) is 6.00. The van der Waals surface area contributed by atoms with Crippen molar-refractivity contribution < 1.29 is 0 Å². The fraction of sp³-hybridized carbons (Fsp3) is 0.857. The van der Waals surface area contributed by atoms with Gasteiger partial charge in [0.2, 0.25) is 0 Å². The zero-order valence-electron chi connectivity index (χ0n) is 5.41. The van der Waals surface area contributed by atoms with Crippen molar-refractivity contribution >= 4 is 0 Å². The summed E-state index contributed by atoms with van der Waals surface area (Å²) in [6.45, 7) is 4.35. The first-order valence-corrected chi connectivity index (χ1v) is 3.19. The van der Waals surface area contributed by atoms with E-state index in [4.69, 9.17) is 0 Å². The minimum absolute atomic E-state index is 1.30. The molecule has 0 aromatic carbocycles. The zero-order chi connectivity index (χ0) is 5.54. The number of rotatable bonds is 4. The first-order chi connectivity index (χ1) is 3.41. The molecular formula is C7H15-. The van der Waals surface area contributed by atoms with Crippen LogP contribution in [-0.2, 0) is 0 Å². The van der Waals surface area contributed by atoms with Crippen LogP contribution in [0.2, 0.25) is 0 Å². The molecule has 0 heteroatoms. The van der Waals surface area contributed by atoms with E-state index in [0.717, 1.165) is 0 Å². The van der Waals surface area contributed by atoms with Crippen LogP contribution in [0, 0.1) is 6.42 Å². The van der Waals surface area contributed by atoms with E-state index in [2.05, 4.69) is 20.3 Å². The maximum Gasteiger partial charge on any atom is -0.0560 e. The molecule has 44 valence electrons. The van der Waals surface area contributed by atoms with Gasteiger partial charge in [0.1, 0.15) is 0 Å². The van der Waals surface area contributed by atoms with Gasteiger partial charge in [0, 0.05) is 0 Å². The summed E-state index contributed by atoms with van der Waals surface area (Å²) in [4.78, 5) is 0. The van der Waals surface area contributed by atoms with Gasteiger partial charge in [-0.2, -0.15) is 13.3 Å². The third-order valence-corrected chi connectivity index (χ3v) is 1.10. The topological polar surface area (TPSA) is 0 Å². The van der Waals surface area contributed by atoms with Gasteiger partial charge in [0.05, 0.1) is 0 Å². The maximum absolute atomic E-state index is 2.23. The van der Waals surface area contributed by atoms with E-state index in [-0.39, 0.29) is 0 Å². The Labute approximate surface area is 46.9 Å². The molecule has 0 spiro atoms. The normalized spacial score (nSPS) is 9.43. The van der Waals surface area contributed by atoms with Crippen molar-refractivity contribution in [3.05, 3.63) is 6.42 Å². The molecule has 0 aliphatic heterocycles. The summed E-state index contributed by atoms with van der Waals surface area (Å²) in [5.41, 5.74) is 0. The quantitative estimate of drug-likeness (QED) is 0.375. The van der Waals surface area contributed by atoms with E-state index < -0.39 is 0 Å². The highest BCUT2D eigenvalue weighted by Crippen LogP contribution is 1.99. The average Bonchev–Trinajstić information content (AvgIpc) is 1.69. The van der Waals surface area contributed by atoms with Gasteiger partial charge in [-0.25, -0.2) is 0 Å². The summed E-state index contributed by atoms with van der Waals surface area (Å²) in [7, 11) is 0. The minimum atomic E-state index is 1.30. The van der Waals surface area contributed by atoms with Crippen LogP contribution < -0.4 is 0 Å². The van der Waals surface area contributed by atoms with Crippen molar-refractivity contribution in [3.8, 4) is 0 Å². The molecule has 0 nitrogen and oxygen atoms in total. The standard InChI is InChI=1S/C7H15/c1-3-5-7-6-4-2/h3H,4-7H2,1-2H3/q-1. The molecule has 0 atom stereocenters. The predicted molar refractivity (Wildman–Crippen MR) is 34.1 cm³/mol. The van der Waals surface area contributed by atoms with Gasteiger partial charge in [-0.15, -0.1) is 0 Å². The number of hydrogen-bond donors (Lipinski definition) is 0. The lowest BCUT2D eigenvalue weighted by Crippen LogP contribution is -1.71. The van der Waals surface area contributed by atoms with Crippen LogP contribution in [0.3, 0.4) is 0 Å². The third-order valence-electron chi connectivity index (χ3n) is 1.10. The van der Waals surface area contributed by atoms with Crippen LogP contribution in [0.4, 0.5) is 0 Å². The molecule has 0 aromatic rings. The fourth-order valence-corrected chi connectivity index (χ4v) is 0.598. The van der Waals surface area contributed by atoms with Gasteiger partial charge >= 0.3 is 0 Å². The average molecular weight is 99.2 g/mol. The lowest BCUT2D eigenvalue weighted by molar-refractivity contribution is 0.711. The Bertz CT molecular complexity index is 19.2. The molecule has 0 saturated carbocycles. The van der Waals surface area contributed by atoms with Gasteiger partial charge in [0.15, 0.2) is 0 Å². The van der Waals surface area contributed by atoms with Crippen LogP contribution in [0.1, 0.15) is 39.5 Å². The summed E-state index contributed by atoms with van der Waals surface area (Å²) in [6.07, 6.45) is 7.65. The van der Waals surface area contributed by atoms with Crippen molar-refractivity contribution in [2.24, 2.45) is 0 Å². The maximum atomic E-state index is 2.23. The highest BCUT2D eigenvalue weighted by Gasteiger charge is 1.74. The van der Waals surface area contributed by atoms with Crippen LogP contribution in [0.15, 0.2) is 0 Å². The van der Waals surface area contributed by atoms with Crippen molar-refractivity contribution in [1.82, 2.24) is 0 Å². The van der Waals surface area contributed by atoms with Gasteiger partial charge < -0.3 is 6.42 Å². The second-order valence-corrected chi connectivity index (χ2v) is 1.90. The Balaban J connectivity index is 2.45. The summed E-state index contributed by atoms with van der Waals surface area (Å²) in [6, 6.07) is 0. The fourth-order valence-electron chi connectivity index (χ4n) is 0.598. The van der Waals surface area contributed by atoms with Crippen molar-refractivity contribution in [2.45, 2.75) is 39.5 Å². The monoisotopic (exact) mass is 99.1 g/mol. The van der Waals surface area contributed by atoms with Gasteiger partial charge in [-0.1, -0.05) is 26.2 Å². The van der Waals surface area contributed by atoms with E-state index in [1.165, 1.54) is 25.7 Å². The summed E-state index contributed by atoms with van der Waals surface area (Å²) in [5.74, 6) is 0. The molecule has 0 N–H and O–H groups in total. The molecule has 7 heavy (non-hydrogen) atoms. The van der Waals surface area contributed by atoms with Gasteiger partial charge in [-0.05, 0) is 0 Å². The Morgan fingerprint density at radius 3 is 2.43 bits per heavy atom. The molecule has 0 aliphatic rings. The largest absolute Gasteiger partial charge is 0.332 e. The van der Waals surface area contributed by atoms with E-state index >= 15 is 0 Å². The first-order valence-electron chi connectivity index (χ1n) is 3.19. The van der Waals surface area contributed by atoms with Crippen LogP contribution in [0.25, 0.3) is 0 Å². The Morgan fingerprint density at radius 2 is 2.00 bits per heavy atom. The molecule has 0 heterocycles. The molecule has 0 saturated heterocycles. The summed E-state index contributed by atoms with van der Waals surface area (Å²) in [5, 5.41) is 0. The molecule has 0 rings (SSSR count). The second kappa shape index (κ2) is 6.00. The molecular weight excluding hydrogens is 84.1 g/mol. The Kier molecular flexibility index (Phi) is 6.00. The smallest absolute Gasteiger partial charge is 0.0560 e. The lowest BCUT2D eigenvalue weighted by atomic mass is 10.2. The number of unbranched alkanes of at least 4 members (excludes halogenated alkanes) is 4. The molecule has 0 amide bonds. The molecule has 0 bridgehead atoms. The van der Waals surface area contributed by atoms with Crippen molar-refractivity contribution in [2.75, 3.05) is 0 Å². The van der Waals surface area contributed by atoms with Crippen molar-refractivity contribution in [3.63, 3.8) is 0 Å². The van der Waals surface area contributed by atoms with E-state index in [1.54, 1.807) is 0 Å². The second-order valence-electron chi connectivity index (χ2n) is 1.90. The first kappa shape index (κ1) is 7.00. The van der Waals surface area contributed by atoms with E-state index in [9.17, 15) is 0 Å². The lowest BCUT2D eigenvalue weighted by Gasteiger charge is -1.99. The zero-order valence-corrected chi connectivity index (χ0v) is 5.41. The Hall–Kier alpha value is 0. The molecule has 0 aromatic heterocycles. The SMILES string of the molecule is C[CH-]CCCCC.